The van der Waals surface area contributed by atoms with Gasteiger partial charge in [0.15, 0.2) is 5.71 Å². The molecule has 0 heterocycles. The van der Waals surface area contributed by atoms with Crippen molar-refractivity contribution in [2.45, 2.75) is 85.4 Å². The topological polar surface area (TPSA) is 186 Å². The number of carbonyl (C=O) groups is 3. The summed E-state index contributed by atoms with van der Waals surface area (Å²) in [6.45, 7) is 9.19. The normalized spacial score (nSPS) is 12.0. The number of rotatable bonds is 21. The molecular formula is C56H63F3N4O11. The number of aryl methyl sites for hydroxylation is 1. The van der Waals surface area contributed by atoms with Crippen LogP contribution in [0.15, 0.2) is 144 Å². The lowest BCUT2D eigenvalue weighted by molar-refractivity contribution is -0.385. The van der Waals surface area contributed by atoms with Crippen molar-refractivity contribution in [3.05, 3.63) is 183 Å². The average Bonchev–Trinajstić information content (AvgIpc) is 3.39. The second-order valence-electron chi connectivity index (χ2n) is 16.2. The molecule has 394 valence electrons. The van der Waals surface area contributed by atoms with E-state index in [-0.39, 0.29) is 41.1 Å². The molecule has 0 aliphatic rings. The molecule has 1 atom stereocenters. The van der Waals surface area contributed by atoms with Crippen LogP contribution in [0.4, 0.5) is 18.9 Å². The first kappa shape index (κ1) is 60.0. The highest BCUT2D eigenvalue weighted by molar-refractivity contribution is 6.45. The van der Waals surface area contributed by atoms with E-state index < -0.39 is 28.6 Å². The number of esters is 2. The summed E-state index contributed by atoms with van der Waals surface area (Å²) < 4.78 is 59.6. The van der Waals surface area contributed by atoms with E-state index in [0.717, 1.165) is 43.4 Å². The molecule has 74 heavy (non-hydrogen) atoms. The molecule has 0 fully saturated rings. The molecule has 1 amide bonds. The minimum absolute atomic E-state index is 0.00940. The van der Waals surface area contributed by atoms with Gasteiger partial charge in [0.2, 0.25) is 0 Å². The summed E-state index contributed by atoms with van der Waals surface area (Å²) in [6, 6.07) is 31.2. The lowest BCUT2D eigenvalue weighted by atomic mass is 9.92. The first-order chi connectivity index (χ1) is 35.4. The predicted molar refractivity (Wildman–Crippen MR) is 278 cm³/mol. The van der Waals surface area contributed by atoms with Crippen molar-refractivity contribution in [2.75, 3.05) is 28.4 Å². The number of amides is 1. The van der Waals surface area contributed by atoms with Gasteiger partial charge in [-0.2, -0.15) is 13.2 Å². The molecule has 0 aliphatic heterocycles. The summed E-state index contributed by atoms with van der Waals surface area (Å²) >= 11 is 0. The molecular weight excluding hydrogens is 962 g/mol. The van der Waals surface area contributed by atoms with Crippen LogP contribution in [-0.2, 0) is 46.3 Å². The second-order valence-corrected chi connectivity index (χ2v) is 16.2. The standard InChI is InChI=1S/C21H20F3NO4.C19H27NO4.C16H16N2O3/c1-14(15-8-6-9-17(11-15)21(22,23)24)25-29-12-16-7-4-5-10-18(16)19(13-27-2)20(26)28-3;1-5-7-8-9-11-14(3)17-13-16(20(22)23)12-15(4)19(17)24-18(21)10-6-2;1-17-16(19)15(18-20-2)13-10-6-7-11-14(13)21-12-8-4-3-5-9-12/h4-11,13H,12H2,1-3H3;6,10,12-14H,5,7-9,11H2,1-4H3;3-11H,1-2H3,(H,17,19)/b19-13+,25-14-;10-6+;18-15-. The van der Waals surface area contributed by atoms with E-state index in [0.29, 0.717) is 45.1 Å². The molecule has 5 rings (SSSR count). The highest BCUT2D eigenvalue weighted by atomic mass is 19.4. The van der Waals surface area contributed by atoms with Gasteiger partial charge in [-0.15, -0.1) is 0 Å². The maximum atomic E-state index is 12.9. The van der Waals surface area contributed by atoms with Gasteiger partial charge in [0, 0.05) is 36.4 Å². The Hall–Kier alpha value is -8.28. The van der Waals surface area contributed by atoms with Gasteiger partial charge in [-0.1, -0.05) is 123 Å². The average molecular weight is 1030 g/mol. The number of halogens is 3. The number of ether oxygens (including phenoxy) is 4. The van der Waals surface area contributed by atoms with Gasteiger partial charge in [0.25, 0.3) is 11.6 Å². The molecule has 0 radical (unpaired) electrons. The number of hydrogen-bond donors (Lipinski definition) is 1. The summed E-state index contributed by atoms with van der Waals surface area (Å²) in [5, 5.41) is 21.4. The zero-order valence-electron chi connectivity index (χ0n) is 43.0. The summed E-state index contributed by atoms with van der Waals surface area (Å²) in [5.74, 6) is 0.361. The van der Waals surface area contributed by atoms with E-state index in [2.05, 4.69) is 22.6 Å². The van der Waals surface area contributed by atoms with Gasteiger partial charge < -0.3 is 33.9 Å². The van der Waals surface area contributed by atoms with Crippen LogP contribution in [0.2, 0.25) is 0 Å². The second kappa shape index (κ2) is 31.2. The minimum Gasteiger partial charge on any atom is -0.503 e. The number of carbonyl (C=O) groups excluding carboxylic acids is 3. The number of nitro benzene ring substituents is 1. The Kier molecular flexibility index (Phi) is 25.3. The number of methoxy groups -OCH3 is 2. The minimum atomic E-state index is -4.44. The third kappa shape index (κ3) is 19.0. The molecule has 0 saturated carbocycles. The zero-order valence-corrected chi connectivity index (χ0v) is 43.0. The number of alkyl halides is 3. The highest BCUT2D eigenvalue weighted by Gasteiger charge is 2.30. The monoisotopic (exact) mass is 1020 g/mol. The lowest BCUT2D eigenvalue weighted by Crippen LogP contribution is -2.28. The van der Waals surface area contributed by atoms with Crippen molar-refractivity contribution in [3.8, 4) is 17.2 Å². The summed E-state index contributed by atoms with van der Waals surface area (Å²) in [7, 11) is 5.59. The Morgan fingerprint density at radius 3 is 2.15 bits per heavy atom. The third-order valence-electron chi connectivity index (χ3n) is 10.7. The summed E-state index contributed by atoms with van der Waals surface area (Å²) in [5.41, 5.74) is 3.28. The zero-order chi connectivity index (χ0) is 54.6. The highest BCUT2D eigenvalue weighted by Crippen LogP contribution is 2.37. The van der Waals surface area contributed by atoms with Crippen LogP contribution in [0.1, 0.15) is 105 Å². The van der Waals surface area contributed by atoms with E-state index in [1.807, 2.05) is 43.3 Å². The number of allylic oxidation sites excluding steroid dienone is 1. The maximum Gasteiger partial charge on any atom is 0.416 e. The number of hydrogen-bond acceptors (Lipinski definition) is 13. The van der Waals surface area contributed by atoms with Gasteiger partial charge in [0.1, 0.15) is 36.5 Å². The summed E-state index contributed by atoms with van der Waals surface area (Å²) in [6.07, 6.45) is 5.24. The molecule has 0 spiro atoms. The Bertz CT molecular complexity index is 2760. The van der Waals surface area contributed by atoms with Gasteiger partial charge in [-0.25, -0.2) is 9.59 Å². The first-order valence-electron chi connectivity index (χ1n) is 23.5. The number of likely N-dealkylation sites (N-methyl/N-ethyl adjacent to an activating group) is 1. The fraction of sp³-hybridized carbons (Fsp3) is 0.304. The molecule has 0 bridgehead atoms. The van der Waals surface area contributed by atoms with E-state index in [1.54, 1.807) is 69.3 Å². The van der Waals surface area contributed by atoms with Crippen molar-refractivity contribution in [1.29, 1.82) is 0 Å². The lowest BCUT2D eigenvalue weighted by Gasteiger charge is -2.17. The van der Waals surface area contributed by atoms with Crippen molar-refractivity contribution < 1.29 is 61.1 Å². The number of benzene rings is 5. The smallest absolute Gasteiger partial charge is 0.416 e. The molecule has 1 N–H and O–H groups in total. The number of unbranched alkanes of at least 4 members (excludes halogenated alkanes) is 3. The molecule has 0 aromatic heterocycles. The summed E-state index contributed by atoms with van der Waals surface area (Å²) in [4.78, 5) is 56.6. The van der Waals surface area contributed by atoms with Crippen LogP contribution >= 0.6 is 0 Å². The largest absolute Gasteiger partial charge is 0.503 e. The van der Waals surface area contributed by atoms with E-state index in [1.165, 1.54) is 71.4 Å². The number of nitrogens with one attached hydrogen (secondary N) is 1. The molecule has 18 heteroatoms. The number of non-ortho nitro benzene ring substituents is 1. The van der Waals surface area contributed by atoms with Gasteiger partial charge in [0.05, 0.1) is 42.2 Å². The third-order valence-corrected chi connectivity index (χ3v) is 10.7. The predicted octanol–water partition coefficient (Wildman–Crippen LogP) is 12.8. The van der Waals surface area contributed by atoms with Crippen LogP contribution in [0.5, 0.6) is 17.2 Å². The fourth-order valence-corrected chi connectivity index (χ4v) is 7.02. The Morgan fingerprint density at radius 2 is 1.53 bits per heavy atom. The number of nitro groups is 1. The molecule has 0 saturated heterocycles. The van der Waals surface area contributed by atoms with E-state index in [4.69, 9.17) is 28.6 Å². The van der Waals surface area contributed by atoms with Crippen LogP contribution in [0.25, 0.3) is 5.57 Å². The number of oxime groups is 2. The fourth-order valence-electron chi connectivity index (χ4n) is 7.02. The van der Waals surface area contributed by atoms with Crippen LogP contribution < -0.4 is 14.8 Å². The SMILES string of the molecule is C/C=C/C(=O)Oc1c(C)cc([N+](=O)[O-])cc1C(C)CCCCCC.CNC(=O)/C(=N\OC)c1ccccc1Oc1ccccc1.CO/C=C(/C(=O)OC)c1ccccc1CO/N=C(/C)c1cccc(C(F)(F)F)c1. The van der Waals surface area contributed by atoms with Crippen LogP contribution in [-0.4, -0.2) is 62.6 Å². The number of para-hydroxylation sites is 2. The molecule has 5 aromatic carbocycles. The van der Waals surface area contributed by atoms with Crippen molar-refractivity contribution >= 4 is 40.5 Å². The quantitative estimate of drug-likeness (QED) is 0.0108. The molecule has 1 unspecified atom stereocenters. The van der Waals surface area contributed by atoms with Crippen molar-refractivity contribution in [1.82, 2.24) is 5.32 Å². The van der Waals surface area contributed by atoms with Crippen LogP contribution in [0.3, 0.4) is 0 Å². The number of nitrogens with zero attached hydrogens (tertiary/aromatic N) is 3. The van der Waals surface area contributed by atoms with E-state index >= 15 is 0 Å². The molecule has 15 nitrogen and oxygen atoms in total. The van der Waals surface area contributed by atoms with Gasteiger partial charge in [-0.05, 0) is 86.2 Å². The van der Waals surface area contributed by atoms with Gasteiger partial charge in [-0.3, -0.25) is 14.9 Å². The Labute approximate surface area is 429 Å². The van der Waals surface area contributed by atoms with Crippen molar-refractivity contribution in [3.63, 3.8) is 0 Å². The van der Waals surface area contributed by atoms with Crippen LogP contribution in [0, 0.1) is 17.0 Å². The van der Waals surface area contributed by atoms with Crippen molar-refractivity contribution in [2.24, 2.45) is 10.3 Å². The maximum absolute atomic E-state index is 12.9. The first-order valence-corrected chi connectivity index (χ1v) is 23.5. The Morgan fingerprint density at radius 1 is 0.851 bits per heavy atom. The molecule has 0 aliphatic carbocycles. The van der Waals surface area contributed by atoms with Gasteiger partial charge >= 0.3 is 18.1 Å². The molecule has 5 aromatic rings. The Balaban J connectivity index is 0.000000297. The van der Waals surface area contributed by atoms with E-state index in [9.17, 15) is 37.7 Å².